The average molecular weight is 430 g/mol. The van der Waals surface area contributed by atoms with Crippen LogP contribution in [-0.4, -0.2) is 72.1 Å². The summed E-state index contributed by atoms with van der Waals surface area (Å²) >= 11 is 0. The van der Waals surface area contributed by atoms with Gasteiger partial charge in [0.2, 0.25) is 0 Å². The van der Waals surface area contributed by atoms with E-state index in [4.69, 9.17) is 9.47 Å². The summed E-state index contributed by atoms with van der Waals surface area (Å²) in [5.74, 6) is 1.01. The largest absolute Gasteiger partial charge is 0.492 e. The molecule has 0 aromatic heterocycles. The first-order chi connectivity index (χ1) is 15.0. The Hall–Kier alpha value is -3.24. The van der Waals surface area contributed by atoms with E-state index in [1.165, 1.54) is 24.3 Å². The van der Waals surface area contributed by atoms with Gasteiger partial charge in [-0.05, 0) is 31.6 Å². The molecule has 1 aliphatic rings. The molecule has 0 spiro atoms. The topological polar surface area (TPSA) is 111 Å². The molecule has 0 bridgehead atoms. The van der Waals surface area contributed by atoms with E-state index in [1.54, 1.807) is 24.3 Å². The van der Waals surface area contributed by atoms with Crippen molar-refractivity contribution < 1.29 is 19.3 Å². The lowest BCUT2D eigenvalue weighted by Gasteiger charge is -2.22. The standard InChI is InChI=1S/C21H26N4O6/c26-24(27)18-4-1-6-20(16-18)30-14-12-22-8-3-9-23(11-10-22)13-15-31-21-7-2-5-19(17-21)25(28)29/h1-2,4-7,16-17H,3,8-15H2. The summed E-state index contributed by atoms with van der Waals surface area (Å²) in [6.45, 7) is 6.15. The third kappa shape index (κ3) is 7.19. The fourth-order valence-electron chi connectivity index (χ4n) is 3.43. The van der Waals surface area contributed by atoms with Crippen LogP contribution in [-0.2, 0) is 0 Å². The van der Waals surface area contributed by atoms with Crippen LogP contribution in [0.1, 0.15) is 6.42 Å². The fourth-order valence-corrected chi connectivity index (χ4v) is 3.43. The zero-order chi connectivity index (χ0) is 22.1. The molecular weight excluding hydrogens is 404 g/mol. The number of ether oxygens (including phenoxy) is 2. The number of hydrogen-bond donors (Lipinski definition) is 0. The first kappa shape index (κ1) is 22.4. The first-order valence-electron chi connectivity index (χ1n) is 10.2. The van der Waals surface area contributed by atoms with E-state index in [0.29, 0.717) is 24.7 Å². The van der Waals surface area contributed by atoms with E-state index in [-0.39, 0.29) is 11.4 Å². The molecule has 0 saturated carbocycles. The van der Waals surface area contributed by atoms with Gasteiger partial charge in [-0.15, -0.1) is 0 Å². The second-order valence-corrected chi connectivity index (χ2v) is 7.24. The fraction of sp³-hybridized carbons (Fsp3) is 0.429. The minimum absolute atomic E-state index is 0.0234. The molecule has 3 rings (SSSR count). The van der Waals surface area contributed by atoms with Gasteiger partial charge in [0.05, 0.1) is 22.0 Å². The average Bonchev–Trinajstić information content (AvgIpc) is 2.99. The Balaban J connectivity index is 1.36. The van der Waals surface area contributed by atoms with Gasteiger partial charge in [-0.25, -0.2) is 0 Å². The van der Waals surface area contributed by atoms with Gasteiger partial charge < -0.3 is 9.47 Å². The summed E-state index contributed by atoms with van der Waals surface area (Å²) in [6.07, 6.45) is 1.02. The van der Waals surface area contributed by atoms with Gasteiger partial charge in [0.15, 0.2) is 0 Å². The zero-order valence-electron chi connectivity index (χ0n) is 17.2. The maximum absolute atomic E-state index is 10.8. The molecule has 10 nitrogen and oxygen atoms in total. The van der Waals surface area contributed by atoms with Crippen LogP contribution < -0.4 is 9.47 Å². The van der Waals surface area contributed by atoms with Crippen LogP contribution in [0.4, 0.5) is 11.4 Å². The Kier molecular flexibility index (Phi) is 8.13. The van der Waals surface area contributed by atoms with E-state index < -0.39 is 9.85 Å². The molecule has 1 aliphatic heterocycles. The van der Waals surface area contributed by atoms with E-state index >= 15 is 0 Å². The number of hydrogen-bond acceptors (Lipinski definition) is 8. The van der Waals surface area contributed by atoms with Gasteiger partial charge in [0, 0.05) is 38.3 Å². The van der Waals surface area contributed by atoms with E-state index in [0.717, 1.165) is 45.7 Å². The molecule has 1 saturated heterocycles. The number of nitrogens with zero attached hydrogens (tertiary/aromatic N) is 4. The number of rotatable bonds is 10. The number of nitro groups is 2. The molecule has 0 aliphatic carbocycles. The van der Waals surface area contributed by atoms with Gasteiger partial charge >= 0.3 is 0 Å². The van der Waals surface area contributed by atoms with Crippen molar-refractivity contribution in [3.05, 3.63) is 68.8 Å². The van der Waals surface area contributed by atoms with Gasteiger partial charge in [-0.3, -0.25) is 30.0 Å². The summed E-state index contributed by atoms with van der Waals surface area (Å²) in [7, 11) is 0. The lowest BCUT2D eigenvalue weighted by atomic mass is 10.3. The molecular formula is C21H26N4O6. The molecule has 0 N–H and O–H groups in total. The van der Waals surface area contributed by atoms with Crippen molar-refractivity contribution in [1.29, 1.82) is 0 Å². The highest BCUT2D eigenvalue weighted by Gasteiger charge is 2.15. The van der Waals surface area contributed by atoms with E-state index in [2.05, 4.69) is 9.80 Å². The Morgan fingerprint density at radius 1 is 0.742 bits per heavy atom. The Morgan fingerprint density at radius 2 is 1.19 bits per heavy atom. The predicted molar refractivity (Wildman–Crippen MR) is 115 cm³/mol. The van der Waals surface area contributed by atoms with Gasteiger partial charge in [0.1, 0.15) is 24.7 Å². The Labute approximate surface area is 180 Å². The van der Waals surface area contributed by atoms with Crippen LogP contribution in [0.5, 0.6) is 11.5 Å². The third-order valence-electron chi connectivity index (χ3n) is 5.09. The second kappa shape index (κ2) is 11.2. The minimum atomic E-state index is -0.432. The summed E-state index contributed by atoms with van der Waals surface area (Å²) in [5, 5.41) is 21.7. The molecule has 10 heteroatoms. The summed E-state index contributed by atoms with van der Waals surface area (Å²) in [6, 6.07) is 12.4. The quantitative estimate of drug-likeness (QED) is 0.418. The maximum Gasteiger partial charge on any atom is 0.273 e. The highest BCUT2D eigenvalue weighted by atomic mass is 16.6. The van der Waals surface area contributed by atoms with Crippen molar-refractivity contribution in [2.45, 2.75) is 6.42 Å². The number of benzene rings is 2. The summed E-state index contributed by atoms with van der Waals surface area (Å²) in [5.41, 5.74) is 0.0467. The molecule has 0 amide bonds. The molecule has 2 aromatic carbocycles. The second-order valence-electron chi connectivity index (χ2n) is 7.24. The Bertz CT molecular complexity index is 822. The minimum Gasteiger partial charge on any atom is -0.492 e. The lowest BCUT2D eigenvalue weighted by molar-refractivity contribution is -0.385. The van der Waals surface area contributed by atoms with Crippen molar-refractivity contribution in [2.75, 3.05) is 52.5 Å². The van der Waals surface area contributed by atoms with Crippen molar-refractivity contribution in [3.8, 4) is 11.5 Å². The van der Waals surface area contributed by atoms with Crippen molar-refractivity contribution >= 4 is 11.4 Å². The molecule has 31 heavy (non-hydrogen) atoms. The van der Waals surface area contributed by atoms with Crippen molar-refractivity contribution in [3.63, 3.8) is 0 Å². The molecule has 2 aromatic rings. The highest BCUT2D eigenvalue weighted by molar-refractivity contribution is 5.38. The smallest absolute Gasteiger partial charge is 0.273 e. The number of non-ortho nitro benzene ring substituents is 2. The molecule has 1 heterocycles. The zero-order valence-corrected chi connectivity index (χ0v) is 17.2. The predicted octanol–water partition coefficient (Wildman–Crippen LogP) is 2.97. The van der Waals surface area contributed by atoms with E-state index in [1.807, 2.05) is 0 Å². The molecule has 0 unspecified atom stereocenters. The normalized spacial score (nSPS) is 15.2. The van der Waals surface area contributed by atoms with E-state index in [9.17, 15) is 20.2 Å². The van der Waals surface area contributed by atoms with Crippen molar-refractivity contribution in [1.82, 2.24) is 9.80 Å². The molecule has 0 radical (unpaired) electrons. The summed E-state index contributed by atoms with van der Waals surface area (Å²) < 4.78 is 11.4. The van der Waals surface area contributed by atoms with Crippen LogP contribution in [0.3, 0.4) is 0 Å². The highest BCUT2D eigenvalue weighted by Crippen LogP contribution is 2.20. The van der Waals surface area contributed by atoms with Crippen LogP contribution in [0.25, 0.3) is 0 Å². The number of nitro benzene ring substituents is 2. The monoisotopic (exact) mass is 430 g/mol. The third-order valence-corrected chi connectivity index (χ3v) is 5.09. The van der Waals surface area contributed by atoms with Crippen LogP contribution in [0.2, 0.25) is 0 Å². The van der Waals surface area contributed by atoms with Crippen LogP contribution in [0, 0.1) is 20.2 Å². The molecule has 0 atom stereocenters. The van der Waals surface area contributed by atoms with Crippen LogP contribution >= 0.6 is 0 Å². The lowest BCUT2D eigenvalue weighted by Crippen LogP contribution is -2.34. The van der Waals surface area contributed by atoms with Crippen molar-refractivity contribution in [2.24, 2.45) is 0 Å². The molecule has 166 valence electrons. The Morgan fingerprint density at radius 3 is 1.61 bits per heavy atom. The van der Waals surface area contributed by atoms with Gasteiger partial charge in [-0.2, -0.15) is 0 Å². The van der Waals surface area contributed by atoms with Gasteiger partial charge in [0.25, 0.3) is 11.4 Å². The first-order valence-corrected chi connectivity index (χ1v) is 10.2. The summed E-state index contributed by atoms with van der Waals surface area (Å²) in [4.78, 5) is 25.5. The molecule has 1 fully saturated rings. The van der Waals surface area contributed by atoms with Gasteiger partial charge in [-0.1, -0.05) is 12.1 Å². The SMILES string of the molecule is O=[N+]([O-])c1cccc(OCCN2CCCN(CCOc3cccc([N+](=O)[O-])c3)CC2)c1. The van der Waals surface area contributed by atoms with Crippen LogP contribution in [0.15, 0.2) is 48.5 Å². The maximum atomic E-state index is 10.8.